The van der Waals surface area contributed by atoms with E-state index in [0.29, 0.717) is 28.6 Å². The van der Waals surface area contributed by atoms with Crippen molar-refractivity contribution in [1.82, 2.24) is 19.7 Å². The average Bonchev–Trinajstić information content (AvgIpc) is 3.06. The third kappa shape index (κ3) is 4.31. The SMILES string of the molecule is Cc1cccc2c(=O)cc(CSc3nnc(COc4ccc(Cl)cc4)n3C)[nH]c12. The van der Waals surface area contributed by atoms with E-state index in [9.17, 15) is 4.79 Å². The van der Waals surface area contributed by atoms with Crippen molar-refractivity contribution in [3.05, 3.63) is 80.9 Å². The normalized spacial score (nSPS) is 11.1. The van der Waals surface area contributed by atoms with Crippen molar-refractivity contribution in [1.29, 1.82) is 0 Å². The van der Waals surface area contributed by atoms with Crippen molar-refractivity contribution >= 4 is 34.3 Å². The Kier molecular flexibility index (Phi) is 5.60. The molecule has 0 bridgehead atoms. The second kappa shape index (κ2) is 8.31. The minimum absolute atomic E-state index is 0.0214. The fourth-order valence-electron chi connectivity index (χ4n) is 2.97. The van der Waals surface area contributed by atoms with Crippen molar-refractivity contribution < 1.29 is 4.74 Å². The number of ether oxygens (including phenoxy) is 1. The van der Waals surface area contributed by atoms with Crippen LogP contribution in [0.2, 0.25) is 5.02 Å². The minimum atomic E-state index is 0.0214. The molecule has 2 aromatic heterocycles. The molecule has 4 rings (SSSR count). The van der Waals surface area contributed by atoms with Gasteiger partial charge in [-0.1, -0.05) is 35.5 Å². The van der Waals surface area contributed by atoms with Gasteiger partial charge in [0.2, 0.25) is 0 Å². The monoisotopic (exact) mass is 426 g/mol. The molecule has 8 heteroatoms. The standard InChI is InChI=1S/C21H19ClN4O2S/c1-13-4-3-5-17-18(27)10-15(23-20(13)17)12-29-21-25-24-19(26(21)2)11-28-16-8-6-14(22)7-9-16/h3-10H,11-12H2,1-2H3,(H,23,27). The Balaban J connectivity index is 1.45. The van der Waals surface area contributed by atoms with Crippen LogP contribution in [0.3, 0.4) is 0 Å². The van der Waals surface area contributed by atoms with Crippen molar-refractivity contribution in [2.45, 2.75) is 24.4 Å². The molecule has 2 aromatic carbocycles. The Morgan fingerprint density at radius 2 is 1.97 bits per heavy atom. The van der Waals surface area contributed by atoms with Crippen LogP contribution in [0.1, 0.15) is 17.1 Å². The summed E-state index contributed by atoms with van der Waals surface area (Å²) in [5.41, 5.74) is 2.80. The van der Waals surface area contributed by atoms with Crippen LogP contribution in [-0.4, -0.2) is 19.7 Å². The van der Waals surface area contributed by atoms with Crippen LogP contribution in [-0.2, 0) is 19.4 Å². The Morgan fingerprint density at radius 1 is 1.17 bits per heavy atom. The van der Waals surface area contributed by atoms with Gasteiger partial charge in [0.15, 0.2) is 16.4 Å². The molecule has 0 unspecified atom stereocenters. The zero-order valence-corrected chi connectivity index (χ0v) is 17.5. The minimum Gasteiger partial charge on any atom is -0.486 e. The van der Waals surface area contributed by atoms with Crippen LogP contribution < -0.4 is 10.2 Å². The van der Waals surface area contributed by atoms with E-state index in [-0.39, 0.29) is 5.43 Å². The summed E-state index contributed by atoms with van der Waals surface area (Å²) in [4.78, 5) is 15.8. The van der Waals surface area contributed by atoms with Crippen molar-refractivity contribution in [2.75, 3.05) is 0 Å². The number of para-hydroxylation sites is 1. The summed E-state index contributed by atoms with van der Waals surface area (Å²) >= 11 is 7.40. The Bertz CT molecular complexity index is 1220. The van der Waals surface area contributed by atoms with Gasteiger partial charge in [-0.25, -0.2) is 0 Å². The molecule has 4 aromatic rings. The van der Waals surface area contributed by atoms with E-state index in [1.807, 2.05) is 48.9 Å². The van der Waals surface area contributed by atoms with E-state index >= 15 is 0 Å². The molecule has 0 aliphatic carbocycles. The second-order valence-electron chi connectivity index (χ2n) is 6.65. The van der Waals surface area contributed by atoms with Gasteiger partial charge in [-0.3, -0.25) is 4.79 Å². The summed E-state index contributed by atoms with van der Waals surface area (Å²) in [6.07, 6.45) is 0. The first-order chi connectivity index (χ1) is 14.0. The third-order valence-corrected chi connectivity index (χ3v) is 5.91. The van der Waals surface area contributed by atoms with E-state index in [1.54, 1.807) is 18.2 Å². The van der Waals surface area contributed by atoms with Crippen LogP contribution in [0, 0.1) is 6.92 Å². The number of aromatic nitrogens is 4. The first-order valence-electron chi connectivity index (χ1n) is 9.02. The van der Waals surface area contributed by atoms with Crippen molar-refractivity contribution in [2.24, 2.45) is 7.05 Å². The van der Waals surface area contributed by atoms with Crippen LogP contribution in [0.25, 0.3) is 10.9 Å². The number of fused-ring (bicyclic) bond motifs is 1. The number of H-pyrrole nitrogens is 1. The highest BCUT2D eigenvalue weighted by Gasteiger charge is 2.11. The molecule has 0 saturated heterocycles. The van der Waals surface area contributed by atoms with Gasteiger partial charge < -0.3 is 14.3 Å². The first-order valence-corrected chi connectivity index (χ1v) is 10.4. The highest BCUT2D eigenvalue weighted by Crippen LogP contribution is 2.22. The predicted molar refractivity (Wildman–Crippen MR) is 116 cm³/mol. The molecule has 0 fully saturated rings. The predicted octanol–water partition coefficient (Wildman–Crippen LogP) is 4.49. The molecule has 0 amide bonds. The van der Waals surface area contributed by atoms with E-state index in [0.717, 1.165) is 27.7 Å². The highest BCUT2D eigenvalue weighted by molar-refractivity contribution is 7.98. The molecular formula is C21H19ClN4O2S. The summed E-state index contributed by atoms with van der Waals surface area (Å²) in [5, 5.41) is 10.6. The number of benzene rings is 2. The fourth-order valence-corrected chi connectivity index (χ4v) is 3.93. The molecule has 6 nitrogen and oxygen atoms in total. The van der Waals surface area contributed by atoms with Gasteiger partial charge >= 0.3 is 0 Å². The van der Waals surface area contributed by atoms with Crippen molar-refractivity contribution in [3.8, 4) is 5.75 Å². The molecule has 2 heterocycles. The lowest BCUT2D eigenvalue weighted by atomic mass is 10.1. The Hall–Kier alpha value is -2.77. The molecule has 0 atom stereocenters. The van der Waals surface area contributed by atoms with E-state index in [2.05, 4.69) is 15.2 Å². The lowest BCUT2D eigenvalue weighted by Crippen LogP contribution is -2.06. The summed E-state index contributed by atoms with van der Waals surface area (Å²) in [6, 6.07) is 14.6. The van der Waals surface area contributed by atoms with E-state index in [1.165, 1.54) is 11.8 Å². The smallest absolute Gasteiger partial charge is 0.191 e. The maximum Gasteiger partial charge on any atom is 0.191 e. The first kappa shape index (κ1) is 19.5. The Morgan fingerprint density at radius 3 is 2.76 bits per heavy atom. The number of rotatable bonds is 6. The van der Waals surface area contributed by atoms with Crippen LogP contribution in [0.4, 0.5) is 0 Å². The summed E-state index contributed by atoms with van der Waals surface area (Å²) in [7, 11) is 1.90. The molecule has 0 saturated carbocycles. The number of halogens is 1. The van der Waals surface area contributed by atoms with Gasteiger partial charge in [0.1, 0.15) is 12.4 Å². The van der Waals surface area contributed by atoms with Crippen LogP contribution in [0.5, 0.6) is 5.75 Å². The molecule has 0 spiro atoms. The fraction of sp³-hybridized carbons (Fsp3) is 0.190. The van der Waals surface area contributed by atoms with E-state index in [4.69, 9.17) is 16.3 Å². The molecule has 0 radical (unpaired) electrons. The van der Waals surface area contributed by atoms with Gasteiger partial charge in [-0.2, -0.15) is 0 Å². The zero-order chi connectivity index (χ0) is 20.4. The summed E-state index contributed by atoms with van der Waals surface area (Å²) in [6.45, 7) is 2.29. The Labute approximate surface area is 176 Å². The maximum absolute atomic E-state index is 12.4. The average molecular weight is 427 g/mol. The number of hydrogen-bond acceptors (Lipinski definition) is 5. The highest BCUT2D eigenvalue weighted by atomic mass is 35.5. The third-order valence-electron chi connectivity index (χ3n) is 4.59. The number of nitrogens with one attached hydrogen (secondary N) is 1. The molecule has 1 N–H and O–H groups in total. The molecule has 0 aliphatic rings. The lowest BCUT2D eigenvalue weighted by Gasteiger charge is -2.08. The zero-order valence-electron chi connectivity index (χ0n) is 16.0. The second-order valence-corrected chi connectivity index (χ2v) is 8.02. The summed E-state index contributed by atoms with van der Waals surface area (Å²) in [5.74, 6) is 2.02. The quantitative estimate of drug-likeness (QED) is 0.460. The molecular weight excluding hydrogens is 408 g/mol. The van der Waals surface area contributed by atoms with Gasteiger partial charge in [0, 0.05) is 35.0 Å². The molecule has 29 heavy (non-hydrogen) atoms. The largest absolute Gasteiger partial charge is 0.486 e. The van der Waals surface area contributed by atoms with Crippen molar-refractivity contribution in [3.63, 3.8) is 0 Å². The van der Waals surface area contributed by atoms with E-state index < -0.39 is 0 Å². The molecule has 148 valence electrons. The summed E-state index contributed by atoms with van der Waals surface area (Å²) < 4.78 is 7.64. The lowest BCUT2D eigenvalue weighted by molar-refractivity contribution is 0.290. The van der Waals surface area contributed by atoms with Gasteiger partial charge in [-0.05, 0) is 42.8 Å². The number of aryl methyl sites for hydroxylation is 1. The number of aromatic amines is 1. The maximum atomic E-state index is 12.4. The number of hydrogen-bond donors (Lipinski definition) is 1. The van der Waals surface area contributed by atoms with Gasteiger partial charge in [0.05, 0.1) is 5.52 Å². The molecule has 0 aliphatic heterocycles. The number of nitrogens with zero attached hydrogens (tertiary/aromatic N) is 3. The van der Waals surface area contributed by atoms with Crippen LogP contribution in [0.15, 0.2) is 58.5 Å². The number of thioether (sulfide) groups is 1. The van der Waals surface area contributed by atoms with Gasteiger partial charge in [-0.15, -0.1) is 10.2 Å². The van der Waals surface area contributed by atoms with Gasteiger partial charge in [0.25, 0.3) is 0 Å². The van der Waals surface area contributed by atoms with Crippen LogP contribution >= 0.6 is 23.4 Å². The number of pyridine rings is 1. The topological polar surface area (TPSA) is 72.8 Å².